The Hall–Kier alpha value is -1.85. The summed E-state index contributed by atoms with van der Waals surface area (Å²) in [5.41, 5.74) is 3.07. The smallest absolute Gasteiger partial charge is 0.250 e. The SMILES string of the molecule is O=C(NCc1ccccc1CN1CCCC1CO)C1=COCCC1. The molecule has 2 heterocycles. The molecule has 24 heavy (non-hydrogen) atoms. The van der Waals surface area contributed by atoms with E-state index in [1.165, 1.54) is 5.56 Å². The van der Waals surface area contributed by atoms with Crippen LogP contribution in [0.5, 0.6) is 0 Å². The fraction of sp³-hybridized carbons (Fsp3) is 0.526. The van der Waals surface area contributed by atoms with Crippen molar-refractivity contribution in [1.29, 1.82) is 0 Å². The summed E-state index contributed by atoms with van der Waals surface area (Å²) in [7, 11) is 0. The van der Waals surface area contributed by atoms with Gasteiger partial charge in [-0.25, -0.2) is 0 Å². The quantitative estimate of drug-likeness (QED) is 0.837. The molecule has 1 fully saturated rings. The van der Waals surface area contributed by atoms with Crippen LogP contribution in [0.3, 0.4) is 0 Å². The maximum Gasteiger partial charge on any atom is 0.250 e. The second-order valence-corrected chi connectivity index (χ2v) is 6.52. The number of nitrogens with zero attached hydrogens (tertiary/aromatic N) is 1. The molecule has 130 valence electrons. The van der Waals surface area contributed by atoms with Crippen molar-refractivity contribution in [3.63, 3.8) is 0 Å². The van der Waals surface area contributed by atoms with Crippen LogP contribution in [-0.2, 0) is 22.6 Å². The molecular formula is C19H26N2O3. The van der Waals surface area contributed by atoms with E-state index in [0.29, 0.717) is 13.2 Å². The van der Waals surface area contributed by atoms with Crippen LogP contribution in [-0.4, -0.2) is 41.7 Å². The van der Waals surface area contributed by atoms with Gasteiger partial charge in [0.2, 0.25) is 0 Å². The third-order valence-corrected chi connectivity index (χ3v) is 4.87. The predicted molar refractivity (Wildman–Crippen MR) is 92.1 cm³/mol. The Morgan fingerprint density at radius 2 is 2.12 bits per heavy atom. The standard InChI is InChI=1S/C19H26N2O3/c22-13-18-8-3-9-21(18)12-16-6-2-1-5-15(16)11-20-19(23)17-7-4-10-24-14-17/h1-2,5-6,14,18,22H,3-4,7-13H2,(H,20,23). The van der Waals surface area contributed by atoms with Crippen molar-refractivity contribution in [2.24, 2.45) is 0 Å². The molecule has 1 unspecified atom stereocenters. The van der Waals surface area contributed by atoms with Gasteiger partial charge >= 0.3 is 0 Å². The molecule has 0 radical (unpaired) electrons. The number of carbonyl (C=O) groups is 1. The molecule has 3 rings (SSSR count). The van der Waals surface area contributed by atoms with Crippen molar-refractivity contribution in [2.45, 2.75) is 44.8 Å². The second kappa shape index (κ2) is 8.31. The minimum Gasteiger partial charge on any atom is -0.501 e. The second-order valence-electron chi connectivity index (χ2n) is 6.52. The van der Waals surface area contributed by atoms with Crippen LogP contribution in [0.1, 0.15) is 36.8 Å². The fourth-order valence-corrected chi connectivity index (χ4v) is 3.43. The Morgan fingerprint density at radius 3 is 2.88 bits per heavy atom. The van der Waals surface area contributed by atoms with E-state index in [0.717, 1.165) is 49.9 Å². The number of rotatable bonds is 6. The van der Waals surface area contributed by atoms with E-state index in [1.807, 2.05) is 12.1 Å². The maximum absolute atomic E-state index is 12.2. The topological polar surface area (TPSA) is 61.8 Å². The summed E-state index contributed by atoms with van der Waals surface area (Å²) in [5, 5.41) is 12.5. The van der Waals surface area contributed by atoms with Gasteiger partial charge < -0.3 is 15.2 Å². The molecule has 5 heteroatoms. The van der Waals surface area contributed by atoms with Gasteiger partial charge in [-0.05, 0) is 43.4 Å². The van der Waals surface area contributed by atoms with Gasteiger partial charge in [0.15, 0.2) is 0 Å². The van der Waals surface area contributed by atoms with Crippen LogP contribution in [0, 0.1) is 0 Å². The number of aliphatic hydroxyl groups is 1. The average molecular weight is 330 g/mol. The normalized spacial score (nSPS) is 21.2. The summed E-state index contributed by atoms with van der Waals surface area (Å²) in [6.07, 6.45) is 5.45. The zero-order valence-corrected chi connectivity index (χ0v) is 14.0. The van der Waals surface area contributed by atoms with Gasteiger partial charge in [0.25, 0.3) is 5.91 Å². The number of nitrogens with one attached hydrogen (secondary N) is 1. The number of hydrogen-bond donors (Lipinski definition) is 2. The van der Waals surface area contributed by atoms with Gasteiger partial charge in [-0.15, -0.1) is 0 Å². The summed E-state index contributed by atoms with van der Waals surface area (Å²) >= 11 is 0. The molecule has 0 aromatic heterocycles. The van der Waals surface area contributed by atoms with Gasteiger partial charge in [0, 0.05) is 19.1 Å². The van der Waals surface area contributed by atoms with Gasteiger partial charge in [0.1, 0.15) is 0 Å². The van der Waals surface area contributed by atoms with Gasteiger partial charge in [-0.1, -0.05) is 24.3 Å². The summed E-state index contributed by atoms with van der Waals surface area (Å²) in [4.78, 5) is 14.6. The summed E-state index contributed by atoms with van der Waals surface area (Å²) < 4.78 is 5.24. The fourth-order valence-electron chi connectivity index (χ4n) is 3.43. The lowest BCUT2D eigenvalue weighted by molar-refractivity contribution is -0.118. The molecule has 1 saturated heterocycles. The van der Waals surface area contributed by atoms with E-state index in [4.69, 9.17) is 4.74 Å². The molecule has 0 aliphatic carbocycles. The number of hydrogen-bond acceptors (Lipinski definition) is 4. The van der Waals surface area contributed by atoms with Gasteiger partial charge in [-0.3, -0.25) is 9.69 Å². The number of benzene rings is 1. The van der Waals surface area contributed by atoms with Crippen molar-refractivity contribution in [3.05, 3.63) is 47.2 Å². The van der Waals surface area contributed by atoms with Crippen molar-refractivity contribution in [3.8, 4) is 0 Å². The van der Waals surface area contributed by atoms with Crippen LogP contribution in [0.25, 0.3) is 0 Å². The molecule has 0 spiro atoms. The van der Waals surface area contributed by atoms with E-state index in [9.17, 15) is 9.90 Å². The third-order valence-electron chi connectivity index (χ3n) is 4.87. The van der Waals surface area contributed by atoms with Crippen molar-refractivity contribution < 1.29 is 14.6 Å². The molecule has 0 bridgehead atoms. The van der Waals surface area contributed by atoms with Crippen LogP contribution in [0.4, 0.5) is 0 Å². The highest BCUT2D eigenvalue weighted by Crippen LogP contribution is 2.21. The van der Waals surface area contributed by atoms with Gasteiger partial charge in [-0.2, -0.15) is 0 Å². The Labute approximate surface area is 143 Å². The number of carbonyl (C=O) groups excluding carboxylic acids is 1. The molecule has 1 aromatic carbocycles. The van der Waals surface area contributed by atoms with Crippen LogP contribution >= 0.6 is 0 Å². The molecule has 2 N–H and O–H groups in total. The Balaban J connectivity index is 1.61. The minimum atomic E-state index is -0.0427. The summed E-state index contributed by atoms with van der Waals surface area (Å²) in [5.74, 6) is -0.0427. The zero-order valence-electron chi connectivity index (χ0n) is 14.0. The molecular weight excluding hydrogens is 304 g/mol. The van der Waals surface area contributed by atoms with E-state index >= 15 is 0 Å². The first-order chi connectivity index (χ1) is 11.8. The minimum absolute atomic E-state index is 0.0427. The Kier molecular flexibility index (Phi) is 5.88. The third kappa shape index (κ3) is 4.16. The molecule has 1 atom stereocenters. The van der Waals surface area contributed by atoms with Crippen LogP contribution < -0.4 is 5.32 Å². The first kappa shape index (κ1) is 17.0. The van der Waals surface area contributed by atoms with E-state index in [1.54, 1.807) is 6.26 Å². The number of ether oxygens (including phenoxy) is 1. The lowest BCUT2D eigenvalue weighted by atomic mass is 10.1. The van der Waals surface area contributed by atoms with E-state index in [2.05, 4.69) is 22.3 Å². The highest BCUT2D eigenvalue weighted by molar-refractivity contribution is 5.93. The molecule has 5 nitrogen and oxygen atoms in total. The first-order valence-corrected chi connectivity index (χ1v) is 8.78. The average Bonchev–Trinajstić information content (AvgIpc) is 3.08. The lowest BCUT2D eigenvalue weighted by Gasteiger charge is -2.24. The lowest BCUT2D eigenvalue weighted by Crippen LogP contribution is -2.32. The van der Waals surface area contributed by atoms with E-state index in [-0.39, 0.29) is 18.6 Å². The van der Waals surface area contributed by atoms with Crippen LogP contribution in [0.15, 0.2) is 36.1 Å². The van der Waals surface area contributed by atoms with Crippen molar-refractivity contribution in [2.75, 3.05) is 19.8 Å². The highest BCUT2D eigenvalue weighted by atomic mass is 16.5. The number of amides is 1. The van der Waals surface area contributed by atoms with Crippen molar-refractivity contribution >= 4 is 5.91 Å². The van der Waals surface area contributed by atoms with Gasteiger partial charge in [0.05, 0.1) is 25.0 Å². The zero-order chi connectivity index (χ0) is 16.8. The first-order valence-electron chi connectivity index (χ1n) is 8.78. The number of likely N-dealkylation sites (tertiary alicyclic amines) is 1. The monoisotopic (exact) mass is 330 g/mol. The summed E-state index contributed by atoms with van der Waals surface area (Å²) in [6.45, 7) is 3.28. The predicted octanol–water partition coefficient (Wildman–Crippen LogP) is 1.95. The number of aliphatic hydroxyl groups excluding tert-OH is 1. The van der Waals surface area contributed by atoms with E-state index < -0.39 is 0 Å². The highest BCUT2D eigenvalue weighted by Gasteiger charge is 2.24. The Morgan fingerprint density at radius 1 is 1.29 bits per heavy atom. The molecule has 0 saturated carbocycles. The maximum atomic E-state index is 12.2. The molecule has 1 amide bonds. The molecule has 1 aromatic rings. The molecule has 2 aliphatic rings. The Bertz CT molecular complexity index is 600. The van der Waals surface area contributed by atoms with Crippen LogP contribution in [0.2, 0.25) is 0 Å². The molecule has 2 aliphatic heterocycles. The van der Waals surface area contributed by atoms with Crippen molar-refractivity contribution in [1.82, 2.24) is 10.2 Å². The summed E-state index contributed by atoms with van der Waals surface area (Å²) in [6, 6.07) is 8.46. The largest absolute Gasteiger partial charge is 0.501 e.